The third-order valence-corrected chi connectivity index (χ3v) is 8.58. The lowest BCUT2D eigenvalue weighted by molar-refractivity contribution is -0.131. The lowest BCUT2D eigenvalue weighted by Gasteiger charge is -2.32. The minimum absolute atomic E-state index is 0.0893. The maximum absolute atomic E-state index is 13.9. The molecule has 0 bridgehead atoms. The molecule has 216 valence electrons. The van der Waals surface area contributed by atoms with Gasteiger partial charge in [-0.2, -0.15) is 0 Å². The van der Waals surface area contributed by atoms with E-state index in [0.29, 0.717) is 25.2 Å². The van der Waals surface area contributed by atoms with Gasteiger partial charge in [0, 0.05) is 12.3 Å². The van der Waals surface area contributed by atoms with Gasteiger partial charge >= 0.3 is 7.12 Å². The van der Waals surface area contributed by atoms with Crippen molar-refractivity contribution in [3.05, 3.63) is 65.2 Å². The molecule has 2 N–H and O–H groups in total. The molecule has 1 unspecified atom stereocenters. The quantitative estimate of drug-likeness (QED) is 0.421. The molecule has 1 aliphatic heterocycles. The number of aryl methyl sites for hydroxylation is 1. The maximum atomic E-state index is 13.9. The fourth-order valence-electron chi connectivity index (χ4n) is 5.51. The Morgan fingerprint density at radius 3 is 2.30 bits per heavy atom. The number of nitrogens with one attached hydrogen (secondary N) is 2. The van der Waals surface area contributed by atoms with Gasteiger partial charge in [-0.05, 0) is 88.1 Å². The van der Waals surface area contributed by atoms with Crippen molar-refractivity contribution in [1.82, 2.24) is 10.6 Å². The second-order valence-corrected chi connectivity index (χ2v) is 12.7. The van der Waals surface area contributed by atoms with Crippen LogP contribution in [0.2, 0.25) is 0 Å². The van der Waals surface area contributed by atoms with Crippen molar-refractivity contribution in [2.75, 3.05) is 7.11 Å². The van der Waals surface area contributed by atoms with Gasteiger partial charge in [-0.3, -0.25) is 9.59 Å². The molecule has 1 aliphatic carbocycles. The highest BCUT2D eigenvalue weighted by molar-refractivity contribution is 6.48. The van der Waals surface area contributed by atoms with Crippen LogP contribution in [0.15, 0.2) is 48.5 Å². The summed E-state index contributed by atoms with van der Waals surface area (Å²) in [4.78, 5) is 27.4. The molecule has 3 atom stereocenters. The maximum Gasteiger partial charge on any atom is 0.481 e. The van der Waals surface area contributed by atoms with Crippen LogP contribution in [0.25, 0.3) is 0 Å². The van der Waals surface area contributed by atoms with Crippen molar-refractivity contribution >= 4 is 18.9 Å². The molecule has 0 radical (unpaired) electrons. The fourth-order valence-corrected chi connectivity index (χ4v) is 5.51. The molecule has 8 heteroatoms. The lowest BCUT2D eigenvalue weighted by atomic mass is 9.73. The van der Waals surface area contributed by atoms with E-state index in [9.17, 15) is 9.59 Å². The summed E-state index contributed by atoms with van der Waals surface area (Å²) < 4.78 is 18.0. The van der Waals surface area contributed by atoms with E-state index >= 15 is 0 Å². The zero-order valence-electron chi connectivity index (χ0n) is 25.1. The number of carbonyl (C=O) groups is 2. The number of methoxy groups -OCH3 is 1. The third kappa shape index (κ3) is 7.08. The van der Waals surface area contributed by atoms with Crippen LogP contribution in [0.1, 0.15) is 71.1 Å². The van der Waals surface area contributed by atoms with Crippen LogP contribution in [0, 0.1) is 11.8 Å². The fraction of sp³-hybridized carbons (Fsp3) is 0.562. The molecule has 2 aromatic carbocycles. The van der Waals surface area contributed by atoms with Gasteiger partial charge in [0.15, 0.2) is 0 Å². The van der Waals surface area contributed by atoms with Crippen molar-refractivity contribution in [2.45, 2.75) is 96.8 Å². The molecule has 2 aromatic rings. The van der Waals surface area contributed by atoms with Gasteiger partial charge in [-0.1, -0.05) is 50.2 Å². The largest absolute Gasteiger partial charge is 0.497 e. The van der Waals surface area contributed by atoms with Gasteiger partial charge in [0.1, 0.15) is 11.8 Å². The predicted molar refractivity (Wildman–Crippen MR) is 158 cm³/mol. The first-order valence-electron chi connectivity index (χ1n) is 14.5. The average Bonchev–Trinajstić information content (AvgIpc) is 3.13. The van der Waals surface area contributed by atoms with E-state index in [1.54, 1.807) is 7.11 Å². The van der Waals surface area contributed by atoms with E-state index in [1.807, 2.05) is 70.2 Å². The summed E-state index contributed by atoms with van der Waals surface area (Å²) in [6.07, 6.45) is 3.27. The molecule has 2 amide bonds. The normalized spacial score (nSPS) is 20.9. The minimum atomic E-state index is -0.718. The van der Waals surface area contributed by atoms with Crippen LogP contribution in [-0.4, -0.2) is 49.2 Å². The van der Waals surface area contributed by atoms with Crippen molar-refractivity contribution in [1.29, 1.82) is 0 Å². The summed E-state index contributed by atoms with van der Waals surface area (Å²) in [5.74, 6) is 0.292. The number of benzene rings is 2. The molecule has 1 heterocycles. The standard InChI is InChI=1S/C32H45BN2O5/c1-21(2)17-28(33-39-31(3,4)32(5,6)40-33)35-30(37)27(18-22-11-9-8-10-12-22)34-29(36)25-14-13-24-20-26(38-7)16-15-23(24)19-25/h8-12,15-16,20-21,25,27-28H,13-14,17-19H2,1-7H3,(H,34,36)(H,35,37)/t25?,27-,28-/m0/s1. The Labute approximate surface area is 239 Å². The van der Waals surface area contributed by atoms with E-state index in [0.717, 1.165) is 29.7 Å². The molecule has 0 spiro atoms. The zero-order valence-corrected chi connectivity index (χ0v) is 25.1. The van der Waals surface area contributed by atoms with Crippen LogP contribution in [-0.2, 0) is 38.2 Å². The summed E-state index contributed by atoms with van der Waals surface area (Å²) in [6.45, 7) is 12.3. The monoisotopic (exact) mass is 548 g/mol. The first-order chi connectivity index (χ1) is 18.9. The number of carbonyl (C=O) groups excluding carboxylic acids is 2. The molecule has 40 heavy (non-hydrogen) atoms. The van der Waals surface area contributed by atoms with Crippen molar-refractivity contribution < 1.29 is 23.6 Å². The van der Waals surface area contributed by atoms with E-state index < -0.39 is 24.4 Å². The van der Waals surface area contributed by atoms with Gasteiger partial charge in [-0.15, -0.1) is 0 Å². The molecular weight excluding hydrogens is 503 g/mol. The highest BCUT2D eigenvalue weighted by atomic mass is 16.7. The first-order valence-corrected chi connectivity index (χ1v) is 14.5. The van der Waals surface area contributed by atoms with Crippen LogP contribution in [0.5, 0.6) is 5.75 Å². The van der Waals surface area contributed by atoms with Crippen molar-refractivity contribution in [3.8, 4) is 5.75 Å². The highest BCUT2D eigenvalue weighted by Crippen LogP contribution is 2.38. The number of hydrogen-bond donors (Lipinski definition) is 2. The van der Waals surface area contributed by atoms with Crippen LogP contribution >= 0.6 is 0 Å². The van der Waals surface area contributed by atoms with Crippen molar-refractivity contribution in [2.24, 2.45) is 11.8 Å². The summed E-state index contributed by atoms with van der Waals surface area (Å²) in [6, 6.07) is 15.1. The SMILES string of the molecule is COc1ccc2c(c1)CCC(C(=O)N[C@@H](Cc1ccccc1)C(=O)N[C@@H](CC(C)C)B1OC(C)(C)C(C)(C)O1)C2. The zero-order chi connectivity index (χ0) is 29.1. The molecule has 7 nitrogen and oxygen atoms in total. The Bertz CT molecular complexity index is 1170. The Hall–Kier alpha value is -2.84. The number of amides is 2. The summed E-state index contributed by atoms with van der Waals surface area (Å²) in [5, 5.41) is 6.32. The van der Waals surface area contributed by atoms with Crippen LogP contribution < -0.4 is 15.4 Å². The van der Waals surface area contributed by atoms with E-state index in [4.69, 9.17) is 14.0 Å². The average molecular weight is 549 g/mol. The highest BCUT2D eigenvalue weighted by Gasteiger charge is 2.54. The third-order valence-electron chi connectivity index (χ3n) is 8.58. The van der Waals surface area contributed by atoms with Crippen molar-refractivity contribution in [3.63, 3.8) is 0 Å². The van der Waals surface area contributed by atoms with E-state index in [-0.39, 0.29) is 23.7 Å². The van der Waals surface area contributed by atoms with Gasteiger partial charge < -0.3 is 24.7 Å². The van der Waals surface area contributed by atoms with E-state index in [1.165, 1.54) is 5.56 Å². The van der Waals surface area contributed by atoms with Gasteiger partial charge in [0.25, 0.3) is 0 Å². The Balaban J connectivity index is 1.50. The Kier molecular flexibility index (Phi) is 9.31. The van der Waals surface area contributed by atoms with Gasteiger partial charge in [-0.25, -0.2) is 0 Å². The summed E-state index contributed by atoms with van der Waals surface area (Å²) in [7, 11) is 1.09. The molecule has 1 saturated heterocycles. The Morgan fingerprint density at radius 1 is 1.00 bits per heavy atom. The Morgan fingerprint density at radius 2 is 1.68 bits per heavy atom. The molecule has 0 saturated carbocycles. The number of rotatable bonds is 10. The molecular formula is C32H45BN2O5. The molecule has 4 rings (SSSR count). The van der Waals surface area contributed by atoms with Crippen LogP contribution in [0.3, 0.4) is 0 Å². The predicted octanol–water partition coefficient (Wildman–Crippen LogP) is 4.69. The lowest BCUT2D eigenvalue weighted by Crippen LogP contribution is -2.56. The molecule has 1 fully saturated rings. The second-order valence-electron chi connectivity index (χ2n) is 12.7. The van der Waals surface area contributed by atoms with E-state index in [2.05, 4.69) is 30.5 Å². The molecule has 2 aliphatic rings. The topological polar surface area (TPSA) is 85.9 Å². The molecule has 0 aromatic heterocycles. The van der Waals surface area contributed by atoms with Gasteiger partial charge in [0.05, 0.1) is 24.3 Å². The smallest absolute Gasteiger partial charge is 0.481 e. The number of ether oxygens (including phenoxy) is 1. The minimum Gasteiger partial charge on any atom is -0.497 e. The number of hydrogen-bond acceptors (Lipinski definition) is 5. The first kappa shape index (κ1) is 30.1. The van der Waals surface area contributed by atoms with Crippen LogP contribution in [0.4, 0.5) is 0 Å². The number of fused-ring (bicyclic) bond motifs is 1. The summed E-state index contributed by atoms with van der Waals surface area (Å²) >= 11 is 0. The second kappa shape index (κ2) is 12.4. The van der Waals surface area contributed by atoms with Gasteiger partial charge in [0.2, 0.25) is 11.8 Å². The summed E-state index contributed by atoms with van der Waals surface area (Å²) in [5.41, 5.74) is 2.36.